The van der Waals surface area contributed by atoms with Gasteiger partial charge in [-0.15, -0.1) is 0 Å². The lowest BCUT2D eigenvalue weighted by Gasteiger charge is -2.21. The van der Waals surface area contributed by atoms with E-state index < -0.39 is 0 Å². The lowest BCUT2D eigenvalue weighted by atomic mass is 9.97. The summed E-state index contributed by atoms with van der Waals surface area (Å²) in [6, 6.07) is 6.29. The Morgan fingerprint density at radius 2 is 2.16 bits per heavy atom. The van der Waals surface area contributed by atoms with Crippen LogP contribution in [0.25, 0.3) is 0 Å². The molecule has 2 rings (SSSR count). The normalized spacial score (nSPS) is 17.4. The van der Waals surface area contributed by atoms with Crippen LogP contribution in [-0.2, 0) is 13.0 Å². The van der Waals surface area contributed by atoms with Crippen LogP contribution in [-0.4, -0.2) is 18.5 Å². The molecule has 2 N–H and O–H groups in total. The summed E-state index contributed by atoms with van der Waals surface area (Å²) in [5.41, 5.74) is 3.40. The molecule has 2 atom stereocenters. The standard InChI is InChI=1S/C16H24N2O/c1-4-11(2)12(3)18-16(19)14-6-5-13-7-8-17-10-15(13)9-14/h5-6,9,11-12,17H,4,7-8,10H2,1-3H3,(H,18,19). The van der Waals surface area contributed by atoms with Gasteiger partial charge in [0.1, 0.15) is 0 Å². The molecule has 0 radical (unpaired) electrons. The molecule has 0 spiro atoms. The van der Waals surface area contributed by atoms with Crippen molar-refractivity contribution in [1.29, 1.82) is 0 Å². The number of hydrogen-bond donors (Lipinski definition) is 2. The Bertz CT molecular complexity index is 456. The number of fused-ring (bicyclic) bond motifs is 1. The number of benzene rings is 1. The summed E-state index contributed by atoms with van der Waals surface area (Å²) in [6.07, 6.45) is 2.13. The van der Waals surface area contributed by atoms with Crippen LogP contribution in [0.2, 0.25) is 0 Å². The monoisotopic (exact) mass is 260 g/mol. The summed E-state index contributed by atoms with van der Waals surface area (Å²) >= 11 is 0. The number of nitrogens with one attached hydrogen (secondary N) is 2. The first-order valence-electron chi connectivity index (χ1n) is 7.25. The molecule has 2 unspecified atom stereocenters. The average Bonchev–Trinajstić information content (AvgIpc) is 2.45. The molecular formula is C16H24N2O. The van der Waals surface area contributed by atoms with Gasteiger partial charge in [-0.3, -0.25) is 4.79 Å². The first-order valence-corrected chi connectivity index (χ1v) is 7.25. The minimum atomic E-state index is 0.0428. The molecule has 1 heterocycles. The summed E-state index contributed by atoms with van der Waals surface area (Å²) < 4.78 is 0. The summed E-state index contributed by atoms with van der Waals surface area (Å²) in [5.74, 6) is 0.546. The fourth-order valence-electron chi connectivity index (χ4n) is 2.41. The molecule has 104 valence electrons. The van der Waals surface area contributed by atoms with Crippen LogP contribution in [0, 0.1) is 5.92 Å². The lowest BCUT2D eigenvalue weighted by molar-refractivity contribution is 0.0928. The third-order valence-electron chi connectivity index (χ3n) is 4.21. The van der Waals surface area contributed by atoms with Crippen molar-refractivity contribution in [3.63, 3.8) is 0 Å². The maximum absolute atomic E-state index is 12.2. The summed E-state index contributed by atoms with van der Waals surface area (Å²) in [6.45, 7) is 8.30. The zero-order valence-electron chi connectivity index (χ0n) is 12.1. The second kappa shape index (κ2) is 6.20. The Kier molecular flexibility index (Phi) is 4.59. The largest absolute Gasteiger partial charge is 0.349 e. The lowest BCUT2D eigenvalue weighted by Crippen LogP contribution is -2.37. The van der Waals surface area contributed by atoms with Crippen LogP contribution < -0.4 is 10.6 Å². The first kappa shape index (κ1) is 14.1. The molecule has 19 heavy (non-hydrogen) atoms. The smallest absolute Gasteiger partial charge is 0.251 e. The van der Waals surface area contributed by atoms with Gasteiger partial charge in [0.25, 0.3) is 5.91 Å². The molecule has 0 aliphatic carbocycles. The first-order chi connectivity index (χ1) is 9.11. The Morgan fingerprint density at radius 1 is 1.37 bits per heavy atom. The molecule has 0 bridgehead atoms. The number of hydrogen-bond acceptors (Lipinski definition) is 2. The maximum atomic E-state index is 12.2. The van der Waals surface area contributed by atoms with E-state index in [1.54, 1.807) is 0 Å². The van der Waals surface area contributed by atoms with Crippen molar-refractivity contribution in [3.8, 4) is 0 Å². The second-order valence-corrected chi connectivity index (χ2v) is 5.56. The zero-order valence-corrected chi connectivity index (χ0v) is 12.1. The Morgan fingerprint density at radius 3 is 2.89 bits per heavy atom. The van der Waals surface area contributed by atoms with Crippen molar-refractivity contribution in [1.82, 2.24) is 10.6 Å². The van der Waals surface area contributed by atoms with E-state index in [4.69, 9.17) is 0 Å². The van der Waals surface area contributed by atoms with Crippen LogP contribution in [0.15, 0.2) is 18.2 Å². The van der Waals surface area contributed by atoms with Crippen molar-refractivity contribution in [3.05, 3.63) is 34.9 Å². The van der Waals surface area contributed by atoms with Crippen LogP contribution in [0.1, 0.15) is 48.7 Å². The third-order valence-corrected chi connectivity index (χ3v) is 4.21. The van der Waals surface area contributed by atoms with Gasteiger partial charge in [-0.1, -0.05) is 26.3 Å². The molecule has 3 nitrogen and oxygen atoms in total. The summed E-state index contributed by atoms with van der Waals surface area (Å²) in [7, 11) is 0. The van der Waals surface area contributed by atoms with E-state index >= 15 is 0 Å². The molecule has 0 saturated carbocycles. The molecule has 3 heteroatoms. The fraction of sp³-hybridized carbons (Fsp3) is 0.562. The Balaban J connectivity index is 2.07. The molecule has 0 aromatic heterocycles. The van der Waals surface area contributed by atoms with E-state index in [1.165, 1.54) is 11.1 Å². The summed E-state index contributed by atoms with van der Waals surface area (Å²) in [4.78, 5) is 12.2. The minimum Gasteiger partial charge on any atom is -0.349 e. The quantitative estimate of drug-likeness (QED) is 0.873. The van der Waals surface area contributed by atoms with Crippen LogP contribution >= 0.6 is 0 Å². The van der Waals surface area contributed by atoms with Gasteiger partial charge in [0.2, 0.25) is 0 Å². The maximum Gasteiger partial charge on any atom is 0.251 e. The zero-order chi connectivity index (χ0) is 13.8. The van der Waals surface area contributed by atoms with E-state index in [9.17, 15) is 4.79 Å². The Hall–Kier alpha value is -1.35. The number of amides is 1. The summed E-state index contributed by atoms with van der Waals surface area (Å²) in [5, 5.41) is 6.44. The van der Waals surface area contributed by atoms with E-state index in [2.05, 4.69) is 37.5 Å². The molecule has 0 saturated heterocycles. The molecule has 1 aromatic rings. The highest BCUT2D eigenvalue weighted by molar-refractivity contribution is 5.94. The molecule has 1 aromatic carbocycles. The number of carbonyl (C=O) groups is 1. The van der Waals surface area contributed by atoms with Crippen molar-refractivity contribution < 1.29 is 4.79 Å². The van der Waals surface area contributed by atoms with Crippen LogP contribution in [0.4, 0.5) is 0 Å². The van der Waals surface area contributed by atoms with Crippen LogP contribution in [0.5, 0.6) is 0 Å². The van der Waals surface area contributed by atoms with Gasteiger partial charge >= 0.3 is 0 Å². The molecule has 1 amide bonds. The second-order valence-electron chi connectivity index (χ2n) is 5.56. The van der Waals surface area contributed by atoms with Crippen molar-refractivity contribution in [2.75, 3.05) is 6.54 Å². The van der Waals surface area contributed by atoms with Crippen molar-refractivity contribution in [2.45, 2.75) is 46.2 Å². The highest BCUT2D eigenvalue weighted by atomic mass is 16.1. The van der Waals surface area contributed by atoms with Crippen LogP contribution in [0.3, 0.4) is 0 Å². The third kappa shape index (κ3) is 3.35. The predicted octanol–water partition coefficient (Wildman–Crippen LogP) is 2.50. The topological polar surface area (TPSA) is 41.1 Å². The van der Waals surface area contributed by atoms with Gasteiger partial charge in [0, 0.05) is 18.2 Å². The van der Waals surface area contributed by atoms with Crippen molar-refractivity contribution >= 4 is 5.91 Å². The van der Waals surface area contributed by atoms with Gasteiger partial charge in [-0.2, -0.15) is 0 Å². The van der Waals surface area contributed by atoms with Gasteiger partial charge < -0.3 is 10.6 Å². The fourth-order valence-corrected chi connectivity index (χ4v) is 2.41. The SMILES string of the molecule is CCC(C)C(C)NC(=O)c1ccc2c(c1)CNCC2. The predicted molar refractivity (Wildman–Crippen MR) is 78.2 cm³/mol. The highest BCUT2D eigenvalue weighted by Gasteiger charge is 2.16. The van der Waals surface area contributed by atoms with E-state index in [0.717, 1.165) is 31.5 Å². The number of carbonyl (C=O) groups excluding carboxylic acids is 1. The minimum absolute atomic E-state index is 0.0428. The number of rotatable bonds is 4. The molecule has 1 aliphatic heterocycles. The highest BCUT2D eigenvalue weighted by Crippen LogP contribution is 2.16. The molecule has 1 aliphatic rings. The Labute approximate surface area is 115 Å². The molecular weight excluding hydrogens is 236 g/mol. The van der Waals surface area contributed by atoms with Crippen molar-refractivity contribution in [2.24, 2.45) is 5.92 Å². The van der Waals surface area contributed by atoms with E-state index in [0.29, 0.717) is 5.92 Å². The van der Waals surface area contributed by atoms with E-state index in [-0.39, 0.29) is 11.9 Å². The van der Waals surface area contributed by atoms with Gasteiger partial charge in [0.15, 0.2) is 0 Å². The average molecular weight is 260 g/mol. The van der Waals surface area contributed by atoms with Gasteiger partial charge in [-0.05, 0) is 49.1 Å². The molecule has 0 fully saturated rings. The van der Waals surface area contributed by atoms with Gasteiger partial charge in [-0.25, -0.2) is 0 Å². The van der Waals surface area contributed by atoms with Gasteiger partial charge in [0.05, 0.1) is 0 Å². The van der Waals surface area contributed by atoms with E-state index in [1.807, 2.05) is 12.1 Å².